The van der Waals surface area contributed by atoms with Crippen molar-refractivity contribution >= 4 is 23.3 Å². The molecule has 0 saturated heterocycles. The fourth-order valence-electron chi connectivity index (χ4n) is 3.91. The number of nitrogens with one attached hydrogen (secondary N) is 1. The Bertz CT molecular complexity index is 964. The number of carbonyl (C=O) groups is 2. The van der Waals surface area contributed by atoms with Gasteiger partial charge in [-0.2, -0.15) is 5.10 Å². The molecule has 1 atom stereocenters. The van der Waals surface area contributed by atoms with Crippen molar-refractivity contribution in [1.82, 2.24) is 14.9 Å². The highest BCUT2D eigenvalue weighted by Crippen LogP contribution is 2.24. The van der Waals surface area contributed by atoms with E-state index in [9.17, 15) is 9.59 Å². The lowest BCUT2D eigenvalue weighted by atomic mass is 9.93. The van der Waals surface area contributed by atoms with E-state index in [1.165, 1.54) is 0 Å². The summed E-state index contributed by atoms with van der Waals surface area (Å²) in [5.74, 6) is 0.0846. The van der Waals surface area contributed by atoms with Crippen molar-refractivity contribution in [1.29, 1.82) is 0 Å². The van der Waals surface area contributed by atoms with E-state index in [1.54, 1.807) is 23.2 Å². The van der Waals surface area contributed by atoms with Crippen molar-refractivity contribution in [3.63, 3.8) is 0 Å². The third kappa shape index (κ3) is 4.74. The quantitative estimate of drug-likeness (QED) is 0.726. The molecule has 3 amide bonds. The van der Waals surface area contributed by atoms with E-state index < -0.39 is 0 Å². The molecule has 162 valence electrons. The lowest BCUT2D eigenvalue weighted by Crippen LogP contribution is -2.37. The summed E-state index contributed by atoms with van der Waals surface area (Å²) in [7, 11) is 1.65. The molecule has 0 fully saturated rings. The van der Waals surface area contributed by atoms with E-state index in [0.29, 0.717) is 32.7 Å². The number of rotatable bonds is 6. The Morgan fingerprint density at radius 2 is 1.97 bits per heavy atom. The van der Waals surface area contributed by atoms with Crippen LogP contribution in [0.1, 0.15) is 36.5 Å². The van der Waals surface area contributed by atoms with Gasteiger partial charge in [-0.25, -0.2) is 9.80 Å². The summed E-state index contributed by atoms with van der Waals surface area (Å²) >= 11 is 0. The zero-order chi connectivity index (χ0) is 21.8. The summed E-state index contributed by atoms with van der Waals surface area (Å²) in [6, 6.07) is 9.44. The molecule has 1 unspecified atom stereocenters. The number of hydrogen-bond acceptors (Lipinski definition) is 5. The fraction of sp³-hybridized carbons (Fsp3) is 0.391. The predicted octanol–water partition coefficient (Wildman–Crippen LogP) is 3.24. The smallest absolute Gasteiger partial charge is 0.322 e. The van der Waals surface area contributed by atoms with Crippen molar-refractivity contribution < 1.29 is 14.3 Å². The minimum Gasteiger partial charge on any atom is -0.385 e. The molecule has 31 heavy (non-hydrogen) atoms. The van der Waals surface area contributed by atoms with Crippen LogP contribution in [0.2, 0.25) is 0 Å². The minimum absolute atomic E-state index is 0.0399. The van der Waals surface area contributed by atoms with Crippen molar-refractivity contribution in [2.45, 2.75) is 32.9 Å². The number of hydrazone groups is 1. The summed E-state index contributed by atoms with van der Waals surface area (Å²) in [5.41, 5.74) is 4.78. The summed E-state index contributed by atoms with van der Waals surface area (Å²) in [6.45, 7) is 4.30. The molecule has 0 radical (unpaired) electrons. The lowest BCUT2D eigenvalue weighted by molar-refractivity contribution is -0.132. The Hall–Kier alpha value is -3.26. The number of anilines is 1. The molecular formula is C23H27N5O3. The van der Waals surface area contributed by atoms with Crippen LogP contribution in [0.4, 0.5) is 10.5 Å². The van der Waals surface area contributed by atoms with Crippen LogP contribution in [-0.4, -0.2) is 52.8 Å². The number of carbonyl (C=O) groups excluding carboxylic acids is 2. The Labute approximate surface area is 181 Å². The summed E-state index contributed by atoms with van der Waals surface area (Å²) in [4.78, 5) is 30.8. The number of urea groups is 1. The number of nitrogens with zero attached hydrogens (tertiary/aromatic N) is 4. The monoisotopic (exact) mass is 421 g/mol. The summed E-state index contributed by atoms with van der Waals surface area (Å²) in [5, 5.41) is 9.11. The second kappa shape index (κ2) is 9.26. The number of fused-ring (bicyclic) bond motifs is 1. The van der Waals surface area contributed by atoms with Crippen LogP contribution in [0, 0.1) is 5.92 Å². The molecule has 0 aliphatic carbocycles. The van der Waals surface area contributed by atoms with Gasteiger partial charge in [0.15, 0.2) is 0 Å². The first-order valence-electron chi connectivity index (χ1n) is 10.5. The van der Waals surface area contributed by atoms with Crippen molar-refractivity contribution in [3.05, 3.63) is 59.4 Å². The van der Waals surface area contributed by atoms with E-state index in [1.807, 2.05) is 43.5 Å². The molecule has 8 nitrogen and oxygen atoms in total. The molecule has 2 aromatic rings. The second-order valence-corrected chi connectivity index (χ2v) is 7.96. The van der Waals surface area contributed by atoms with Gasteiger partial charge >= 0.3 is 6.03 Å². The standard InChI is InChI=1S/C23H27N5O3/c1-16-12-21(29)28(10-3-11-31-2)26-22(16)17-4-6-20(7-5-17)25-23(30)27-14-18-8-9-24-13-19(18)15-27/h4-9,13,16H,3,10-12,14-15H2,1-2H3,(H,25,30). The van der Waals surface area contributed by atoms with Gasteiger partial charge in [0.2, 0.25) is 5.91 Å². The highest BCUT2D eigenvalue weighted by molar-refractivity contribution is 6.06. The Balaban J connectivity index is 1.41. The average Bonchev–Trinajstić information content (AvgIpc) is 3.21. The van der Waals surface area contributed by atoms with Crippen molar-refractivity contribution in [3.8, 4) is 0 Å². The summed E-state index contributed by atoms with van der Waals surface area (Å²) < 4.78 is 5.07. The van der Waals surface area contributed by atoms with Crippen LogP contribution in [-0.2, 0) is 22.6 Å². The topological polar surface area (TPSA) is 87.1 Å². The van der Waals surface area contributed by atoms with Crippen molar-refractivity contribution in [2.75, 3.05) is 25.6 Å². The maximum Gasteiger partial charge on any atom is 0.322 e. The molecule has 1 N–H and O–H groups in total. The Morgan fingerprint density at radius 3 is 2.71 bits per heavy atom. The normalized spacial score (nSPS) is 18.1. The predicted molar refractivity (Wildman–Crippen MR) is 117 cm³/mol. The van der Waals surface area contributed by atoms with Gasteiger partial charge in [-0.15, -0.1) is 0 Å². The molecular weight excluding hydrogens is 394 g/mol. The van der Waals surface area contributed by atoms with Gasteiger partial charge < -0.3 is 15.0 Å². The fourth-order valence-corrected chi connectivity index (χ4v) is 3.91. The third-order valence-electron chi connectivity index (χ3n) is 5.63. The molecule has 0 bridgehead atoms. The van der Waals surface area contributed by atoms with E-state index >= 15 is 0 Å². The molecule has 2 aliphatic heterocycles. The molecule has 0 spiro atoms. The van der Waals surface area contributed by atoms with Gasteiger partial charge in [0.1, 0.15) is 0 Å². The van der Waals surface area contributed by atoms with E-state index in [-0.39, 0.29) is 17.9 Å². The van der Waals surface area contributed by atoms with Crippen LogP contribution < -0.4 is 5.32 Å². The van der Waals surface area contributed by atoms with Gasteiger partial charge in [0.05, 0.1) is 5.71 Å². The third-order valence-corrected chi connectivity index (χ3v) is 5.63. The number of amides is 3. The highest BCUT2D eigenvalue weighted by Gasteiger charge is 2.27. The van der Waals surface area contributed by atoms with Gasteiger partial charge in [-0.3, -0.25) is 9.78 Å². The Kier molecular flexibility index (Phi) is 6.27. The molecule has 1 aromatic carbocycles. The number of methoxy groups -OCH3 is 1. The SMILES string of the molecule is COCCCN1N=C(c2ccc(NC(=O)N3Cc4ccncc4C3)cc2)C(C)CC1=O. The number of ether oxygens (including phenoxy) is 1. The number of hydrogen-bond donors (Lipinski definition) is 1. The van der Waals surface area contributed by atoms with Gasteiger partial charge in [0, 0.05) is 63.8 Å². The lowest BCUT2D eigenvalue weighted by Gasteiger charge is -2.27. The van der Waals surface area contributed by atoms with Crippen molar-refractivity contribution in [2.24, 2.45) is 11.0 Å². The number of pyridine rings is 1. The molecule has 0 saturated carbocycles. The molecule has 1 aromatic heterocycles. The molecule has 3 heterocycles. The highest BCUT2D eigenvalue weighted by atomic mass is 16.5. The van der Waals surface area contributed by atoms with E-state index in [4.69, 9.17) is 4.74 Å². The maximum atomic E-state index is 12.6. The maximum absolute atomic E-state index is 12.6. The van der Waals surface area contributed by atoms with E-state index in [0.717, 1.165) is 34.5 Å². The minimum atomic E-state index is -0.137. The first-order chi connectivity index (χ1) is 15.0. The van der Waals surface area contributed by atoms with Gasteiger partial charge in [-0.05, 0) is 41.3 Å². The zero-order valence-electron chi connectivity index (χ0n) is 17.9. The van der Waals surface area contributed by atoms with Crippen LogP contribution in [0.3, 0.4) is 0 Å². The zero-order valence-corrected chi connectivity index (χ0v) is 17.9. The number of aromatic nitrogens is 1. The first kappa shape index (κ1) is 21.0. The largest absolute Gasteiger partial charge is 0.385 e. The number of benzene rings is 1. The average molecular weight is 422 g/mol. The van der Waals surface area contributed by atoms with Crippen LogP contribution >= 0.6 is 0 Å². The first-order valence-corrected chi connectivity index (χ1v) is 10.5. The molecule has 2 aliphatic rings. The summed E-state index contributed by atoms with van der Waals surface area (Å²) in [6.07, 6.45) is 4.75. The van der Waals surface area contributed by atoms with Crippen LogP contribution in [0.15, 0.2) is 47.8 Å². The van der Waals surface area contributed by atoms with Crippen LogP contribution in [0.25, 0.3) is 0 Å². The Morgan fingerprint density at radius 1 is 1.19 bits per heavy atom. The molecule has 8 heteroatoms. The van der Waals surface area contributed by atoms with Gasteiger partial charge in [-0.1, -0.05) is 19.1 Å². The second-order valence-electron chi connectivity index (χ2n) is 7.96. The van der Waals surface area contributed by atoms with E-state index in [2.05, 4.69) is 15.4 Å². The molecule has 4 rings (SSSR count). The van der Waals surface area contributed by atoms with Crippen LogP contribution in [0.5, 0.6) is 0 Å². The van der Waals surface area contributed by atoms with Gasteiger partial charge in [0.25, 0.3) is 0 Å².